The number of rotatable bonds is 5. The largest absolute Gasteiger partial charge is 0.388 e. The second kappa shape index (κ2) is 8.05. The Bertz CT molecular complexity index is 544. The predicted molar refractivity (Wildman–Crippen MR) is 85.6 cm³/mol. The monoisotopic (exact) mass is 337 g/mol. The first-order valence-corrected chi connectivity index (χ1v) is 8.59. The van der Waals surface area contributed by atoms with Crippen LogP contribution in [0.4, 0.5) is 4.39 Å². The summed E-state index contributed by atoms with van der Waals surface area (Å²) in [5.74, 6) is -0.313. The molecule has 2 aliphatic rings. The van der Waals surface area contributed by atoms with E-state index >= 15 is 0 Å². The number of hydrogen-bond acceptors (Lipinski definition) is 4. The molecule has 2 aliphatic heterocycles. The highest BCUT2D eigenvalue weighted by molar-refractivity contribution is 5.77. The van der Waals surface area contributed by atoms with Crippen LogP contribution in [-0.4, -0.2) is 48.0 Å². The molecule has 0 spiro atoms. The summed E-state index contributed by atoms with van der Waals surface area (Å²) in [6.07, 6.45) is 2.20. The summed E-state index contributed by atoms with van der Waals surface area (Å²) in [5.41, 5.74) is 0.676. The highest BCUT2D eigenvalue weighted by atomic mass is 19.1. The van der Waals surface area contributed by atoms with Crippen LogP contribution in [0.15, 0.2) is 24.3 Å². The second-order valence-electron chi connectivity index (χ2n) is 6.42. The molecular formula is C18H24FNO4. The van der Waals surface area contributed by atoms with Gasteiger partial charge in [-0.2, -0.15) is 0 Å². The first kappa shape index (κ1) is 17.3. The van der Waals surface area contributed by atoms with Crippen molar-refractivity contribution < 1.29 is 23.8 Å². The number of hydrogen-bond donors (Lipinski definition) is 1. The molecule has 0 aliphatic carbocycles. The van der Waals surface area contributed by atoms with Crippen LogP contribution in [-0.2, 0) is 14.3 Å². The maximum Gasteiger partial charge on any atom is 0.227 e. The SMILES string of the molecule is O=C(CC1OCCCO1)N1CCC[C@@H]1C[C@@H](O)c1ccc(F)cc1. The van der Waals surface area contributed by atoms with E-state index < -0.39 is 12.4 Å². The third kappa shape index (κ3) is 4.32. The summed E-state index contributed by atoms with van der Waals surface area (Å²) in [6, 6.07) is 5.86. The third-order valence-corrected chi connectivity index (χ3v) is 4.69. The molecule has 0 unspecified atom stereocenters. The fourth-order valence-corrected chi connectivity index (χ4v) is 3.40. The molecule has 1 amide bonds. The quantitative estimate of drug-likeness (QED) is 0.896. The molecule has 5 nitrogen and oxygen atoms in total. The van der Waals surface area contributed by atoms with Gasteiger partial charge in [-0.1, -0.05) is 12.1 Å². The summed E-state index contributed by atoms with van der Waals surface area (Å²) < 4.78 is 23.9. The maximum absolute atomic E-state index is 13.0. The number of likely N-dealkylation sites (tertiary alicyclic amines) is 1. The number of halogens is 1. The molecule has 2 heterocycles. The number of benzene rings is 1. The van der Waals surface area contributed by atoms with Crippen molar-refractivity contribution in [1.29, 1.82) is 0 Å². The van der Waals surface area contributed by atoms with Crippen molar-refractivity contribution in [2.75, 3.05) is 19.8 Å². The number of carbonyl (C=O) groups excluding carboxylic acids is 1. The van der Waals surface area contributed by atoms with Crippen molar-refractivity contribution in [3.8, 4) is 0 Å². The van der Waals surface area contributed by atoms with Crippen molar-refractivity contribution in [2.45, 2.75) is 50.5 Å². The van der Waals surface area contributed by atoms with Gasteiger partial charge in [0.05, 0.1) is 25.7 Å². The molecule has 132 valence electrons. The molecule has 3 rings (SSSR count). The van der Waals surface area contributed by atoms with Crippen LogP contribution in [0.25, 0.3) is 0 Å². The summed E-state index contributed by atoms with van der Waals surface area (Å²) in [6.45, 7) is 1.96. The molecule has 2 atom stereocenters. The van der Waals surface area contributed by atoms with E-state index in [0.717, 1.165) is 19.3 Å². The molecule has 0 aromatic heterocycles. The first-order valence-electron chi connectivity index (χ1n) is 8.59. The Labute approximate surface area is 141 Å². The minimum Gasteiger partial charge on any atom is -0.388 e. The van der Waals surface area contributed by atoms with Crippen molar-refractivity contribution in [2.24, 2.45) is 0 Å². The zero-order valence-electron chi connectivity index (χ0n) is 13.7. The molecule has 6 heteroatoms. The van der Waals surface area contributed by atoms with Gasteiger partial charge in [-0.3, -0.25) is 4.79 Å². The lowest BCUT2D eigenvalue weighted by Gasteiger charge is -2.29. The minimum absolute atomic E-state index is 0.00106. The van der Waals surface area contributed by atoms with E-state index in [9.17, 15) is 14.3 Å². The summed E-state index contributed by atoms with van der Waals surface area (Å²) in [4.78, 5) is 14.3. The highest BCUT2D eigenvalue weighted by Crippen LogP contribution is 2.28. The van der Waals surface area contributed by atoms with E-state index in [-0.39, 0.29) is 24.2 Å². The Morgan fingerprint density at radius 3 is 2.67 bits per heavy atom. The van der Waals surface area contributed by atoms with E-state index in [1.54, 1.807) is 12.1 Å². The minimum atomic E-state index is -0.703. The van der Waals surface area contributed by atoms with E-state index in [4.69, 9.17) is 9.47 Å². The number of amides is 1. The first-order chi connectivity index (χ1) is 11.6. The van der Waals surface area contributed by atoms with Crippen molar-refractivity contribution in [3.05, 3.63) is 35.6 Å². The van der Waals surface area contributed by atoms with Gasteiger partial charge in [-0.15, -0.1) is 0 Å². The molecule has 1 aromatic rings. The Morgan fingerprint density at radius 2 is 1.96 bits per heavy atom. The molecule has 2 fully saturated rings. The lowest BCUT2D eigenvalue weighted by atomic mass is 10.0. The Kier molecular flexibility index (Phi) is 5.81. The highest BCUT2D eigenvalue weighted by Gasteiger charge is 2.32. The number of aliphatic hydroxyl groups excluding tert-OH is 1. The van der Waals surface area contributed by atoms with Gasteiger partial charge in [0.2, 0.25) is 5.91 Å². The Hall–Kier alpha value is -1.50. The van der Waals surface area contributed by atoms with Gasteiger partial charge in [0, 0.05) is 12.6 Å². The summed E-state index contributed by atoms with van der Waals surface area (Å²) >= 11 is 0. The molecule has 0 saturated carbocycles. The summed E-state index contributed by atoms with van der Waals surface area (Å²) in [5, 5.41) is 10.4. The molecule has 1 aromatic carbocycles. The van der Waals surface area contributed by atoms with E-state index in [1.807, 2.05) is 4.90 Å². The maximum atomic E-state index is 13.0. The van der Waals surface area contributed by atoms with Crippen molar-refractivity contribution in [3.63, 3.8) is 0 Å². The van der Waals surface area contributed by atoms with Gasteiger partial charge in [0.15, 0.2) is 6.29 Å². The zero-order chi connectivity index (χ0) is 16.9. The van der Waals surface area contributed by atoms with Crippen LogP contribution in [0.3, 0.4) is 0 Å². The third-order valence-electron chi connectivity index (χ3n) is 4.69. The number of nitrogens with zero attached hydrogens (tertiary/aromatic N) is 1. The normalized spacial score (nSPS) is 23.4. The van der Waals surface area contributed by atoms with Crippen molar-refractivity contribution in [1.82, 2.24) is 4.90 Å². The predicted octanol–water partition coefficient (Wildman–Crippen LogP) is 2.39. The Balaban J connectivity index is 1.56. The van der Waals surface area contributed by atoms with Crippen LogP contribution in [0.1, 0.15) is 43.8 Å². The van der Waals surface area contributed by atoms with Gasteiger partial charge in [0.25, 0.3) is 0 Å². The van der Waals surface area contributed by atoms with Crippen LogP contribution in [0.5, 0.6) is 0 Å². The number of ether oxygens (including phenoxy) is 2. The van der Waals surface area contributed by atoms with Gasteiger partial charge >= 0.3 is 0 Å². The fraction of sp³-hybridized carbons (Fsp3) is 0.611. The van der Waals surface area contributed by atoms with Gasteiger partial charge in [0.1, 0.15) is 5.82 Å². The number of aliphatic hydroxyl groups is 1. The molecule has 0 bridgehead atoms. The van der Waals surface area contributed by atoms with Crippen molar-refractivity contribution >= 4 is 5.91 Å². The molecule has 24 heavy (non-hydrogen) atoms. The van der Waals surface area contributed by atoms with Gasteiger partial charge in [-0.05, 0) is 43.4 Å². The van der Waals surface area contributed by atoms with Crippen LogP contribution < -0.4 is 0 Å². The molecule has 2 saturated heterocycles. The van der Waals surface area contributed by atoms with Gasteiger partial charge < -0.3 is 19.5 Å². The lowest BCUT2D eigenvalue weighted by molar-refractivity contribution is -0.187. The topological polar surface area (TPSA) is 59.0 Å². The van der Waals surface area contributed by atoms with Crippen LogP contribution in [0, 0.1) is 5.82 Å². The zero-order valence-corrected chi connectivity index (χ0v) is 13.7. The van der Waals surface area contributed by atoms with Crippen LogP contribution >= 0.6 is 0 Å². The van der Waals surface area contributed by atoms with E-state index in [2.05, 4.69) is 0 Å². The lowest BCUT2D eigenvalue weighted by Crippen LogP contribution is -2.39. The molecular weight excluding hydrogens is 313 g/mol. The number of carbonyl (C=O) groups is 1. The molecule has 1 N–H and O–H groups in total. The summed E-state index contributed by atoms with van der Waals surface area (Å²) in [7, 11) is 0. The smallest absolute Gasteiger partial charge is 0.227 e. The average Bonchev–Trinajstić information content (AvgIpc) is 3.04. The standard InChI is InChI=1S/C18H24FNO4/c19-14-6-4-13(5-7-14)16(21)11-15-3-1-8-20(15)17(22)12-18-23-9-2-10-24-18/h4-7,15-16,18,21H,1-3,8-12H2/t15-,16-/m1/s1. The fourth-order valence-electron chi connectivity index (χ4n) is 3.40. The van der Waals surface area contributed by atoms with Crippen LogP contribution in [0.2, 0.25) is 0 Å². The van der Waals surface area contributed by atoms with Gasteiger partial charge in [-0.25, -0.2) is 4.39 Å². The van der Waals surface area contributed by atoms with E-state index in [1.165, 1.54) is 12.1 Å². The Morgan fingerprint density at radius 1 is 1.25 bits per heavy atom. The second-order valence-corrected chi connectivity index (χ2v) is 6.42. The van der Waals surface area contributed by atoms with E-state index in [0.29, 0.717) is 31.7 Å². The average molecular weight is 337 g/mol. The molecule has 0 radical (unpaired) electrons.